The van der Waals surface area contributed by atoms with Crippen LogP contribution in [0.3, 0.4) is 0 Å². The number of methoxy groups -OCH3 is 1. The molecule has 1 fully saturated rings. The van der Waals surface area contributed by atoms with Crippen LogP contribution < -0.4 is 15.4 Å². The highest BCUT2D eigenvalue weighted by molar-refractivity contribution is 5.94. The Bertz CT molecular complexity index is 1850. The van der Waals surface area contributed by atoms with Crippen molar-refractivity contribution < 1.29 is 28.6 Å². The second kappa shape index (κ2) is 12.4. The number of nitrogens with zero attached hydrogens (tertiary/aromatic N) is 6. The summed E-state index contributed by atoms with van der Waals surface area (Å²) in [4.78, 5) is 39.5. The minimum Gasteiger partial charge on any atom is -0.494 e. The summed E-state index contributed by atoms with van der Waals surface area (Å²) >= 11 is 0. The number of ether oxygens (including phenoxy) is 2. The summed E-state index contributed by atoms with van der Waals surface area (Å²) < 4.78 is 19.0. The van der Waals surface area contributed by atoms with Crippen LogP contribution in [-0.2, 0) is 4.74 Å². The summed E-state index contributed by atoms with van der Waals surface area (Å²) in [6, 6.07) is 12.8. The Morgan fingerprint density at radius 2 is 1.80 bits per heavy atom. The number of likely N-dealkylation sites (tertiary alicyclic amines) is 1. The fraction of sp³-hybridized carbons (Fsp3) is 0.312. The number of carbonyl (C=O) groups excluding carboxylic acids is 1. The van der Waals surface area contributed by atoms with Gasteiger partial charge in [-0.2, -0.15) is 10.1 Å². The molecule has 0 saturated carbocycles. The molecule has 0 aliphatic carbocycles. The molecule has 3 aromatic heterocycles. The maximum atomic E-state index is 12.4. The van der Waals surface area contributed by atoms with E-state index in [-0.39, 0.29) is 29.5 Å². The molecule has 1 amide bonds. The van der Waals surface area contributed by atoms with Gasteiger partial charge in [-0.3, -0.25) is 4.68 Å². The van der Waals surface area contributed by atoms with Crippen molar-refractivity contribution in [3.63, 3.8) is 0 Å². The van der Waals surface area contributed by atoms with E-state index in [1.165, 1.54) is 13.3 Å². The van der Waals surface area contributed by atoms with E-state index in [1.807, 2.05) is 55.9 Å². The molecule has 1 aliphatic rings. The van der Waals surface area contributed by atoms with Crippen LogP contribution in [0.15, 0.2) is 65.5 Å². The summed E-state index contributed by atoms with van der Waals surface area (Å²) in [7, 11) is 1.51. The number of aromatic carboxylic acids is 1. The molecule has 46 heavy (non-hydrogen) atoms. The number of hydrogen-bond acceptors (Lipinski definition) is 11. The number of benzene rings is 2. The highest BCUT2D eigenvalue weighted by Gasteiger charge is 2.28. The second-order valence-electron chi connectivity index (χ2n) is 11.8. The molecule has 0 bridgehead atoms. The predicted octanol–water partition coefficient (Wildman–Crippen LogP) is 6.25. The Balaban J connectivity index is 1.19. The lowest BCUT2D eigenvalue weighted by Crippen LogP contribution is -2.42. The van der Waals surface area contributed by atoms with Crippen molar-refractivity contribution in [2.24, 2.45) is 0 Å². The lowest BCUT2D eigenvalue weighted by Gasteiger charge is -2.33. The minimum atomic E-state index is -1.20. The molecule has 4 heterocycles. The van der Waals surface area contributed by atoms with Crippen LogP contribution in [0.25, 0.3) is 22.6 Å². The number of carboxylic acids is 1. The minimum absolute atomic E-state index is 0.0555. The zero-order chi connectivity index (χ0) is 32.4. The average molecular weight is 627 g/mol. The van der Waals surface area contributed by atoms with Crippen molar-refractivity contribution in [2.75, 3.05) is 30.8 Å². The van der Waals surface area contributed by atoms with Gasteiger partial charge in [0.15, 0.2) is 17.2 Å². The molecule has 0 spiro atoms. The summed E-state index contributed by atoms with van der Waals surface area (Å²) in [5.41, 5.74) is 2.32. The average Bonchev–Trinajstić information content (AvgIpc) is 3.67. The van der Waals surface area contributed by atoms with Crippen LogP contribution >= 0.6 is 0 Å². The monoisotopic (exact) mass is 626 g/mol. The van der Waals surface area contributed by atoms with E-state index in [0.717, 1.165) is 12.8 Å². The Hall–Kier alpha value is -5.66. The van der Waals surface area contributed by atoms with E-state index in [0.29, 0.717) is 52.8 Å². The van der Waals surface area contributed by atoms with E-state index in [9.17, 15) is 14.7 Å². The van der Waals surface area contributed by atoms with Gasteiger partial charge in [-0.25, -0.2) is 19.6 Å². The molecule has 5 aromatic rings. The summed E-state index contributed by atoms with van der Waals surface area (Å²) in [5, 5.41) is 20.6. The zero-order valence-electron chi connectivity index (χ0n) is 25.9. The number of anilines is 4. The lowest BCUT2D eigenvalue weighted by molar-refractivity contribution is 0.0184. The molecule has 0 atom stereocenters. The van der Waals surface area contributed by atoms with Crippen molar-refractivity contribution >= 4 is 46.3 Å². The molecule has 2 aromatic carbocycles. The van der Waals surface area contributed by atoms with E-state index >= 15 is 0 Å². The normalized spacial score (nSPS) is 13.9. The fourth-order valence-corrected chi connectivity index (χ4v) is 5.20. The quantitative estimate of drug-likeness (QED) is 0.177. The molecule has 0 radical (unpaired) electrons. The summed E-state index contributed by atoms with van der Waals surface area (Å²) in [6.45, 7) is 6.68. The molecular weight excluding hydrogens is 592 g/mol. The van der Waals surface area contributed by atoms with Gasteiger partial charge < -0.3 is 34.5 Å². The molecule has 14 nitrogen and oxygen atoms in total. The van der Waals surface area contributed by atoms with Gasteiger partial charge in [-0.15, -0.1) is 0 Å². The second-order valence-corrected chi connectivity index (χ2v) is 11.8. The number of oxazole rings is 1. The number of nitrogens with one attached hydrogen (secondary N) is 2. The van der Waals surface area contributed by atoms with Gasteiger partial charge in [0.25, 0.3) is 0 Å². The van der Waals surface area contributed by atoms with Gasteiger partial charge >= 0.3 is 12.1 Å². The molecule has 3 N–H and O–H groups in total. The zero-order valence-corrected chi connectivity index (χ0v) is 25.9. The van der Waals surface area contributed by atoms with E-state index < -0.39 is 11.6 Å². The highest BCUT2D eigenvalue weighted by Crippen LogP contribution is 2.39. The predicted molar refractivity (Wildman–Crippen MR) is 170 cm³/mol. The summed E-state index contributed by atoms with van der Waals surface area (Å²) in [6.07, 6.45) is 5.85. The molecule has 238 valence electrons. The third kappa shape index (κ3) is 6.55. The topological polar surface area (TPSA) is 170 Å². The van der Waals surface area contributed by atoms with Crippen LogP contribution in [-0.4, -0.2) is 72.6 Å². The molecule has 0 unspecified atom stereocenters. The van der Waals surface area contributed by atoms with Crippen LogP contribution in [0.4, 0.5) is 27.9 Å². The van der Waals surface area contributed by atoms with Gasteiger partial charge in [0.1, 0.15) is 16.7 Å². The van der Waals surface area contributed by atoms with E-state index in [1.54, 1.807) is 29.3 Å². The third-order valence-electron chi connectivity index (χ3n) is 7.36. The van der Waals surface area contributed by atoms with Crippen LogP contribution in [0.5, 0.6) is 5.75 Å². The first-order valence-electron chi connectivity index (χ1n) is 14.8. The number of piperidine rings is 1. The Morgan fingerprint density at radius 1 is 1.02 bits per heavy atom. The molecular formula is C32H34N8O6. The van der Waals surface area contributed by atoms with Gasteiger partial charge in [0, 0.05) is 25.5 Å². The number of rotatable bonds is 8. The largest absolute Gasteiger partial charge is 0.494 e. The first-order chi connectivity index (χ1) is 22.1. The third-order valence-corrected chi connectivity index (χ3v) is 7.36. The Kier molecular flexibility index (Phi) is 8.17. The molecule has 6 rings (SSSR count). The van der Waals surface area contributed by atoms with E-state index in [4.69, 9.17) is 13.9 Å². The number of carbonyl (C=O) groups is 2. The Morgan fingerprint density at radius 3 is 2.52 bits per heavy atom. The number of fused-ring (bicyclic) bond motifs is 1. The van der Waals surface area contributed by atoms with Crippen molar-refractivity contribution in [1.82, 2.24) is 29.6 Å². The standard InChI is InChI=1S/C32H34N8O6/c1-32(2,3)46-31(43)39-14-12-20(13-15-39)40-18-19(16-34-40)35-30-33-17-22(29(41)42)27(38-30)36-24-10-7-8-21(26(24)44-4)28-37-23-9-5-6-11-25(23)45-28/h5-11,16-18,20H,12-15H2,1-4H3,(H,41,42)(H2,33,35,36,38). The smallest absolute Gasteiger partial charge is 0.410 e. The number of para-hydroxylation sites is 3. The van der Waals surface area contributed by atoms with Gasteiger partial charge in [0.05, 0.1) is 36.3 Å². The maximum Gasteiger partial charge on any atom is 0.410 e. The van der Waals surface area contributed by atoms with Crippen molar-refractivity contribution in [2.45, 2.75) is 45.3 Å². The van der Waals surface area contributed by atoms with Crippen LogP contribution in [0, 0.1) is 0 Å². The van der Waals surface area contributed by atoms with Crippen molar-refractivity contribution in [3.05, 3.63) is 66.6 Å². The van der Waals surface area contributed by atoms with Gasteiger partial charge in [-0.05, 0) is 57.9 Å². The lowest BCUT2D eigenvalue weighted by atomic mass is 10.1. The SMILES string of the molecule is COc1c(Nc2nc(Nc3cnn(C4CCN(C(=O)OC(C)(C)C)CC4)c3)ncc2C(=O)O)cccc1-c1nc2ccccc2o1. The number of carboxylic acid groups (broad SMARTS) is 1. The number of amides is 1. The van der Waals surface area contributed by atoms with Crippen molar-refractivity contribution in [1.29, 1.82) is 0 Å². The van der Waals surface area contributed by atoms with E-state index in [2.05, 4.69) is 30.7 Å². The van der Waals surface area contributed by atoms with Crippen LogP contribution in [0.1, 0.15) is 50.0 Å². The summed E-state index contributed by atoms with van der Waals surface area (Å²) in [5.74, 6) is -0.218. The van der Waals surface area contributed by atoms with Crippen molar-refractivity contribution in [3.8, 4) is 17.2 Å². The maximum absolute atomic E-state index is 12.4. The first-order valence-corrected chi connectivity index (χ1v) is 14.8. The molecule has 14 heteroatoms. The first kappa shape index (κ1) is 30.4. The number of aromatic nitrogens is 5. The number of hydrogen-bond donors (Lipinski definition) is 3. The fourth-order valence-electron chi connectivity index (χ4n) is 5.20. The molecule has 1 saturated heterocycles. The van der Waals surface area contributed by atoms with Gasteiger partial charge in [0.2, 0.25) is 11.8 Å². The Labute approximate surface area is 264 Å². The van der Waals surface area contributed by atoms with Crippen LogP contribution in [0.2, 0.25) is 0 Å². The molecule has 1 aliphatic heterocycles. The van der Waals surface area contributed by atoms with Gasteiger partial charge in [-0.1, -0.05) is 18.2 Å². The highest BCUT2D eigenvalue weighted by atomic mass is 16.6.